The molecule has 0 aromatic heterocycles. The lowest BCUT2D eigenvalue weighted by Gasteiger charge is -2.37. The third kappa shape index (κ3) is 4.88. The molecule has 1 aliphatic rings. The van der Waals surface area contributed by atoms with Gasteiger partial charge in [0.2, 0.25) is 0 Å². The van der Waals surface area contributed by atoms with E-state index in [0.29, 0.717) is 19.5 Å². The Balaban J connectivity index is 1.97. The number of rotatable bonds is 3. The molecule has 1 aromatic carbocycles. The highest BCUT2D eigenvalue weighted by Crippen LogP contribution is 2.23. The third-order valence-corrected chi connectivity index (χ3v) is 3.77. The van der Waals surface area contributed by atoms with Crippen LogP contribution in [0.2, 0.25) is 0 Å². The summed E-state index contributed by atoms with van der Waals surface area (Å²) in [6.07, 6.45) is 1.04. The Morgan fingerprint density at radius 1 is 1.22 bits per heavy atom. The zero-order chi connectivity index (χ0) is 16.9. The van der Waals surface area contributed by atoms with Crippen molar-refractivity contribution in [1.29, 1.82) is 5.26 Å². The fourth-order valence-electron chi connectivity index (χ4n) is 2.68. The number of anilines is 1. The molecule has 23 heavy (non-hydrogen) atoms. The average Bonchev–Trinajstić information content (AvgIpc) is 2.52. The minimum atomic E-state index is -0.460. The highest BCUT2D eigenvalue weighted by Gasteiger charge is 2.26. The number of carbonyl (C=O) groups excluding carboxylic acids is 1. The van der Waals surface area contributed by atoms with Crippen molar-refractivity contribution < 1.29 is 9.53 Å². The van der Waals surface area contributed by atoms with Gasteiger partial charge in [-0.2, -0.15) is 5.26 Å². The number of piperazine rings is 1. The molecule has 1 heterocycles. The molecule has 1 amide bonds. The molecule has 0 aliphatic carbocycles. The van der Waals surface area contributed by atoms with E-state index in [0.717, 1.165) is 19.5 Å². The van der Waals surface area contributed by atoms with Crippen LogP contribution in [0.1, 0.15) is 32.8 Å². The molecule has 1 aromatic rings. The Morgan fingerprint density at radius 3 is 2.48 bits per heavy atom. The maximum absolute atomic E-state index is 12.1. The van der Waals surface area contributed by atoms with E-state index in [-0.39, 0.29) is 6.09 Å². The summed E-state index contributed by atoms with van der Waals surface area (Å²) < 4.78 is 5.43. The number of para-hydroxylation sites is 1. The lowest BCUT2D eigenvalue weighted by atomic mass is 10.1. The Hall–Kier alpha value is -2.22. The van der Waals surface area contributed by atoms with Crippen molar-refractivity contribution >= 4 is 11.8 Å². The fraction of sp³-hybridized carbons (Fsp3) is 0.556. The summed E-state index contributed by atoms with van der Waals surface area (Å²) in [5, 5.41) is 8.80. The van der Waals surface area contributed by atoms with Crippen LogP contribution in [0.5, 0.6) is 0 Å². The Bertz CT molecular complexity index is 579. The SMILES string of the molecule is CC(C)(C)OC(=O)N1CCN(c2ccccc2CCC#N)CC1. The number of carbonyl (C=O) groups is 1. The van der Waals surface area contributed by atoms with E-state index in [1.54, 1.807) is 4.90 Å². The van der Waals surface area contributed by atoms with Gasteiger partial charge in [-0.1, -0.05) is 18.2 Å². The number of hydrogen-bond donors (Lipinski definition) is 0. The number of amides is 1. The van der Waals surface area contributed by atoms with Crippen molar-refractivity contribution in [2.45, 2.75) is 39.2 Å². The van der Waals surface area contributed by atoms with E-state index in [1.165, 1.54) is 11.3 Å². The second-order valence-electron chi connectivity index (χ2n) is 6.74. The molecule has 1 aliphatic heterocycles. The lowest BCUT2D eigenvalue weighted by molar-refractivity contribution is 0.0240. The molecule has 5 heteroatoms. The van der Waals surface area contributed by atoms with Gasteiger partial charge in [0, 0.05) is 38.3 Å². The predicted octanol–water partition coefficient (Wildman–Crippen LogP) is 3.20. The van der Waals surface area contributed by atoms with Gasteiger partial charge < -0.3 is 14.5 Å². The highest BCUT2D eigenvalue weighted by atomic mass is 16.6. The summed E-state index contributed by atoms with van der Waals surface area (Å²) in [4.78, 5) is 16.2. The molecule has 1 fully saturated rings. The van der Waals surface area contributed by atoms with Gasteiger partial charge in [0.15, 0.2) is 0 Å². The molecule has 0 spiro atoms. The summed E-state index contributed by atoms with van der Waals surface area (Å²) in [6, 6.07) is 10.4. The first-order valence-electron chi connectivity index (χ1n) is 8.08. The van der Waals surface area contributed by atoms with Gasteiger partial charge in [-0.05, 0) is 38.8 Å². The number of nitriles is 1. The van der Waals surface area contributed by atoms with E-state index in [2.05, 4.69) is 23.1 Å². The van der Waals surface area contributed by atoms with Crippen LogP contribution in [-0.2, 0) is 11.2 Å². The van der Waals surface area contributed by atoms with Crippen molar-refractivity contribution in [1.82, 2.24) is 4.90 Å². The molecular formula is C18H25N3O2. The largest absolute Gasteiger partial charge is 0.444 e. The summed E-state index contributed by atoms with van der Waals surface area (Å²) >= 11 is 0. The second kappa shape index (κ2) is 7.36. The maximum atomic E-state index is 12.1. The molecule has 1 saturated heterocycles. The minimum Gasteiger partial charge on any atom is -0.444 e. The van der Waals surface area contributed by atoms with Gasteiger partial charge in [0.05, 0.1) is 6.07 Å². The summed E-state index contributed by atoms with van der Waals surface area (Å²) in [6.45, 7) is 8.51. The summed E-state index contributed by atoms with van der Waals surface area (Å²) in [5.41, 5.74) is 1.91. The standard InChI is InChI=1S/C18H25N3O2/c1-18(2,3)23-17(22)21-13-11-20(12-14-21)16-9-5-4-7-15(16)8-6-10-19/h4-5,7,9H,6,8,11-14H2,1-3H3. The number of nitrogens with zero attached hydrogens (tertiary/aromatic N) is 3. The van der Waals surface area contributed by atoms with Crippen LogP contribution in [0.3, 0.4) is 0 Å². The maximum Gasteiger partial charge on any atom is 0.410 e. The molecular weight excluding hydrogens is 290 g/mol. The van der Waals surface area contributed by atoms with Gasteiger partial charge in [0.1, 0.15) is 5.60 Å². The fourth-order valence-corrected chi connectivity index (χ4v) is 2.68. The molecule has 5 nitrogen and oxygen atoms in total. The van der Waals surface area contributed by atoms with E-state index in [1.807, 2.05) is 32.9 Å². The van der Waals surface area contributed by atoms with Crippen LogP contribution >= 0.6 is 0 Å². The minimum absolute atomic E-state index is 0.241. The predicted molar refractivity (Wildman–Crippen MR) is 90.4 cm³/mol. The van der Waals surface area contributed by atoms with Crippen LogP contribution in [0.25, 0.3) is 0 Å². The monoisotopic (exact) mass is 315 g/mol. The number of hydrogen-bond acceptors (Lipinski definition) is 4. The second-order valence-corrected chi connectivity index (χ2v) is 6.74. The zero-order valence-corrected chi connectivity index (χ0v) is 14.2. The van der Waals surface area contributed by atoms with Crippen molar-refractivity contribution in [3.8, 4) is 6.07 Å². The van der Waals surface area contributed by atoms with Gasteiger partial charge in [-0.15, -0.1) is 0 Å². The topological polar surface area (TPSA) is 56.6 Å². The Kier molecular flexibility index (Phi) is 5.49. The van der Waals surface area contributed by atoms with Gasteiger partial charge >= 0.3 is 6.09 Å². The van der Waals surface area contributed by atoms with Crippen LogP contribution < -0.4 is 4.90 Å². The summed E-state index contributed by atoms with van der Waals surface area (Å²) in [5.74, 6) is 0. The first kappa shape index (κ1) is 17.1. The molecule has 0 saturated carbocycles. The van der Waals surface area contributed by atoms with Crippen molar-refractivity contribution in [2.24, 2.45) is 0 Å². The van der Waals surface area contributed by atoms with Crippen LogP contribution in [0.4, 0.5) is 10.5 Å². The first-order chi connectivity index (χ1) is 10.9. The number of benzene rings is 1. The van der Waals surface area contributed by atoms with Crippen molar-refractivity contribution in [2.75, 3.05) is 31.1 Å². The van der Waals surface area contributed by atoms with Crippen LogP contribution in [0.15, 0.2) is 24.3 Å². The smallest absolute Gasteiger partial charge is 0.410 e. The molecule has 0 bridgehead atoms. The number of aryl methyl sites for hydroxylation is 1. The third-order valence-electron chi connectivity index (χ3n) is 3.77. The summed E-state index contributed by atoms with van der Waals surface area (Å²) in [7, 11) is 0. The Labute approximate surface area is 138 Å². The van der Waals surface area contributed by atoms with E-state index in [9.17, 15) is 4.79 Å². The van der Waals surface area contributed by atoms with E-state index in [4.69, 9.17) is 10.00 Å². The Morgan fingerprint density at radius 2 is 1.87 bits per heavy atom. The quantitative estimate of drug-likeness (QED) is 0.859. The normalized spacial score (nSPS) is 15.2. The number of ether oxygens (including phenoxy) is 1. The van der Waals surface area contributed by atoms with Gasteiger partial charge in [-0.25, -0.2) is 4.79 Å². The average molecular weight is 315 g/mol. The zero-order valence-electron chi connectivity index (χ0n) is 14.2. The molecule has 0 radical (unpaired) electrons. The van der Waals surface area contributed by atoms with E-state index < -0.39 is 5.60 Å². The first-order valence-corrected chi connectivity index (χ1v) is 8.08. The van der Waals surface area contributed by atoms with Gasteiger partial charge in [-0.3, -0.25) is 0 Å². The molecule has 0 N–H and O–H groups in total. The van der Waals surface area contributed by atoms with Crippen molar-refractivity contribution in [3.63, 3.8) is 0 Å². The molecule has 2 rings (SSSR count). The van der Waals surface area contributed by atoms with Crippen molar-refractivity contribution in [3.05, 3.63) is 29.8 Å². The van der Waals surface area contributed by atoms with Crippen LogP contribution in [-0.4, -0.2) is 42.8 Å². The lowest BCUT2D eigenvalue weighted by Crippen LogP contribution is -2.50. The highest BCUT2D eigenvalue weighted by molar-refractivity contribution is 5.68. The molecule has 124 valence electrons. The molecule has 0 unspecified atom stereocenters. The van der Waals surface area contributed by atoms with Crippen LogP contribution in [0, 0.1) is 11.3 Å². The molecule has 0 atom stereocenters. The van der Waals surface area contributed by atoms with E-state index >= 15 is 0 Å². The van der Waals surface area contributed by atoms with Gasteiger partial charge in [0.25, 0.3) is 0 Å².